The summed E-state index contributed by atoms with van der Waals surface area (Å²) in [6.07, 6.45) is 2.67. The fraction of sp³-hybridized carbons (Fsp3) is 0.467. The molecule has 0 aromatic heterocycles. The van der Waals surface area contributed by atoms with Crippen LogP contribution in [0.25, 0.3) is 10.8 Å². The molecule has 0 saturated heterocycles. The van der Waals surface area contributed by atoms with Crippen molar-refractivity contribution >= 4 is 22.5 Å². The van der Waals surface area contributed by atoms with E-state index in [1.807, 2.05) is 48.5 Å². The molecule has 0 aliphatic carbocycles. The van der Waals surface area contributed by atoms with Gasteiger partial charge in [-0.1, -0.05) is 62.7 Å². The van der Waals surface area contributed by atoms with Crippen LogP contribution < -0.4 is 9.47 Å². The van der Waals surface area contributed by atoms with E-state index in [1.54, 1.807) is 11.8 Å². The summed E-state index contributed by atoms with van der Waals surface area (Å²) in [5.74, 6) is 1.38. The molecule has 6 nitrogen and oxygen atoms in total. The van der Waals surface area contributed by atoms with Crippen molar-refractivity contribution in [2.45, 2.75) is 61.5 Å². The third-order valence-corrected chi connectivity index (χ3v) is 6.69. The van der Waals surface area contributed by atoms with E-state index in [0.717, 1.165) is 52.0 Å². The molecule has 0 bridgehead atoms. The van der Waals surface area contributed by atoms with Crippen molar-refractivity contribution in [3.63, 3.8) is 0 Å². The first-order valence-electron chi connectivity index (χ1n) is 13.2. The average molecular weight is 529 g/mol. The van der Waals surface area contributed by atoms with Crippen LogP contribution in [0, 0.1) is 0 Å². The van der Waals surface area contributed by atoms with E-state index in [4.69, 9.17) is 18.9 Å². The molecule has 3 aromatic carbocycles. The maximum atomic E-state index is 10.4. The molecule has 0 fully saturated rings. The minimum atomic E-state index is -0.717. The minimum absolute atomic E-state index is 0.135. The Labute approximate surface area is 224 Å². The van der Waals surface area contributed by atoms with Crippen molar-refractivity contribution in [1.29, 1.82) is 0 Å². The van der Waals surface area contributed by atoms with E-state index in [0.29, 0.717) is 19.0 Å². The van der Waals surface area contributed by atoms with Crippen LogP contribution in [-0.4, -0.2) is 62.1 Å². The van der Waals surface area contributed by atoms with Crippen LogP contribution in [-0.2, 0) is 9.47 Å². The van der Waals surface area contributed by atoms with Gasteiger partial charge in [0.15, 0.2) is 0 Å². The Morgan fingerprint density at radius 3 is 2.03 bits per heavy atom. The molecule has 3 aromatic rings. The molecule has 2 unspecified atom stereocenters. The van der Waals surface area contributed by atoms with Crippen molar-refractivity contribution in [3.05, 3.63) is 60.7 Å². The standard InChI is InChI=1S/C30H40O6S/c1-3-5-16-33-19-24(31)21-35-26-13-14-28-23(18-26)12-15-29(37-27-10-8-7-9-11-27)30(28)36-22-25(32)20-34-17-6-4-2/h7-15,18,24-25,31-32H,3-6,16-17,19-22H2,1-2H3. The molecule has 2 atom stereocenters. The first-order valence-corrected chi connectivity index (χ1v) is 14.0. The second-order valence-electron chi connectivity index (χ2n) is 8.98. The molecule has 0 aliphatic heterocycles. The van der Waals surface area contributed by atoms with Crippen LogP contribution in [0.5, 0.6) is 11.5 Å². The van der Waals surface area contributed by atoms with Gasteiger partial charge in [-0.15, -0.1) is 0 Å². The molecule has 0 heterocycles. The normalized spacial score (nSPS) is 13.0. The van der Waals surface area contributed by atoms with Crippen molar-refractivity contribution in [1.82, 2.24) is 0 Å². The molecular formula is C30H40O6S. The van der Waals surface area contributed by atoms with Gasteiger partial charge in [-0.25, -0.2) is 0 Å². The molecule has 0 saturated carbocycles. The van der Waals surface area contributed by atoms with Gasteiger partial charge in [-0.2, -0.15) is 0 Å². The highest BCUT2D eigenvalue weighted by Crippen LogP contribution is 2.40. The predicted octanol–water partition coefficient (Wildman–Crippen LogP) is 6.10. The third-order valence-electron chi connectivity index (χ3n) is 5.64. The minimum Gasteiger partial charge on any atom is -0.491 e. The predicted molar refractivity (Wildman–Crippen MR) is 149 cm³/mol. The molecule has 2 N–H and O–H groups in total. The van der Waals surface area contributed by atoms with Gasteiger partial charge in [0.25, 0.3) is 0 Å². The van der Waals surface area contributed by atoms with E-state index in [9.17, 15) is 10.2 Å². The Balaban J connectivity index is 1.71. The quantitative estimate of drug-likeness (QED) is 0.193. The van der Waals surface area contributed by atoms with Crippen molar-refractivity contribution in [3.8, 4) is 11.5 Å². The molecule has 202 valence electrons. The number of fused-ring (bicyclic) bond motifs is 1. The second kappa shape index (κ2) is 16.5. The molecule has 7 heteroatoms. The number of aliphatic hydroxyl groups excluding tert-OH is 2. The number of hydrogen-bond donors (Lipinski definition) is 2. The third kappa shape index (κ3) is 10.2. The monoisotopic (exact) mass is 528 g/mol. The smallest absolute Gasteiger partial charge is 0.141 e. The lowest BCUT2D eigenvalue weighted by atomic mass is 10.1. The summed E-state index contributed by atoms with van der Waals surface area (Å²) in [7, 11) is 0. The number of aliphatic hydroxyl groups is 2. The molecule has 37 heavy (non-hydrogen) atoms. The maximum absolute atomic E-state index is 10.4. The molecule has 0 aliphatic rings. The van der Waals surface area contributed by atoms with Crippen LogP contribution in [0.15, 0.2) is 70.5 Å². The lowest BCUT2D eigenvalue weighted by Crippen LogP contribution is -2.24. The Bertz CT molecular complexity index is 1040. The zero-order valence-electron chi connectivity index (χ0n) is 21.9. The van der Waals surface area contributed by atoms with Gasteiger partial charge in [0.05, 0.1) is 18.1 Å². The van der Waals surface area contributed by atoms with Gasteiger partial charge in [0.2, 0.25) is 0 Å². The fourth-order valence-corrected chi connectivity index (χ4v) is 4.54. The van der Waals surface area contributed by atoms with Crippen LogP contribution in [0.4, 0.5) is 0 Å². The van der Waals surface area contributed by atoms with Gasteiger partial charge in [-0.3, -0.25) is 0 Å². The number of benzene rings is 3. The summed E-state index contributed by atoms with van der Waals surface area (Å²) in [6, 6.07) is 20.0. The van der Waals surface area contributed by atoms with Crippen LogP contribution in [0.2, 0.25) is 0 Å². The van der Waals surface area contributed by atoms with Gasteiger partial charge < -0.3 is 29.2 Å². The molecular weight excluding hydrogens is 488 g/mol. The zero-order chi connectivity index (χ0) is 26.3. The largest absolute Gasteiger partial charge is 0.491 e. The number of unbranched alkanes of at least 4 members (excludes halogenated alkanes) is 2. The van der Waals surface area contributed by atoms with Gasteiger partial charge in [0.1, 0.15) is 36.9 Å². The lowest BCUT2D eigenvalue weighted by Gasteiger charge is -2.18. The summed E-state index contributed by atoms with van der Waals surface area (Å²) in [6.45, 7) is 6.30. The lowest BCUT2D eigenvalue weighted by molar-refractivity contribution is 0.0110. The SMILES string of the molecule is CCCCOCC(O)COc1ccc2c(OCC(O)COCCCC)c(Sc3ccccc3)ccc2c1. The number of ether oxygens (including phenoxy) is 4. The topological polar surface area (TPSA) is 77.4 Å². The number of hydrogen-bond acceptors (Lipinski definition) is 7. The molecule has 0 amide bonds. The van der Waals surface area contributed by atoms with E-state index < -0.39 is 12.2 Å². The Hall–Kier alpha value is -2.29. The van der Waals surface area contributed by atoms with E-state index in [1.165, 1.54) is 0 Å². The Kier molecular flexibility index (Phi) is 13.1. The highest BCUT2D eigenvalue weighted by molar-refractivity contribution is 7.99. The van der Waals surface area contributed by atoms with E-state index in [-0.39, 0.29) is 26.4 Å². The number of rotatable bonds is 18. The van der Waals surface area contributed by atoms with Crippen LogP contribution >= 0.6 is 11.8 Å². The van der Waals surface area contributed by atoms with E-state index >= 15 is 0 Å². The summed E-state index contributed by atoms with van der Waals surface area (Å²) in [4.78, 5) is 2.07. The Morgan fingerprint density at radius 2 is 1.38 bits per heavy atom. The second-order valence-corrected chi connectivity index (χ2v) is 10.1. The molecule has 0 spiro atoms. The first-order chi connectivity index (χ1) is 18.1. The highest BCUT2D eigenvalue weighted by Gasteiger charge is 2.15. The van der Waals surface area contributed by atoms with Gasteiger partial charge in [-0.05, 0) is 54.6 Å². The van der Waals surface area contributed by atoms with Crippen molar-refractivity contribution in [2.24, 2.45) is 0 Å². The molecule has 0 radical (unpaired) electrons. The molecule has 3 rings (SSSR count). The van der Waals surface area contributed by atoms with Crippen molar-refractivity contribution in [2.75, 3.05) is 39.6 Å². The summed E-state index contributed by atoms with van der Waals surface area (Å²) >= 11 is 1.62. The average Bonchev–Trinajstić information content (AvgIpc) is 2.92. The Morgan fingerprint density at radius 1 is 0.730 bits per heavy atom. The van der Waals surface area contributed by atoms with Crippen molar-refractivity contribution < 1.29 is 29.2 Å². The zero-order valence-corrected chi connectivity index (χ0v) is 22.8. The summed E-state index contributed by atoms with van der Waals surface area (Å²) in [5, 5.41) is 22.4. The summed E-state index contributed by atoms with van der Waals surface area (Å²) in [5.41, 5.74) is 0. The summed E-state index contributed by atoms with van der Waals surface area (Å²) < 4.78 is 23.1. The first kappa shape index (κ1) is 29.3. The maximum Gasteiger partial charge on any atom is 0.141 e. The van der Waals surface area contributed by atoms with E-state index in [2.05, 4.69) is 26.0 Å². The van der Waals surface area contributed by atoms with Gasteiger partial charge >= 0.3 is 0 Å². The van der Waals surface area contributed by atoms with Gasteiger partial charge in [0, 0.05) is 23.5 Å². The van der Waals surface area contributed by atoms with Crippen LogP contribution in [0.3, 0.4) is 0 Å². The highest BCUT2D eigenvalue weighted by atomic mass is 32.2. The fourth-order valence-electron chi connectivity index (χ4n) is 3.59. The van der Waals surface area contributed by atoms with Crippen LogP contribution in [0.1, 0.15) is 39.5 Å².